The fourth-order valence-corrected chi connectivity index (χ4v) is 2.42. The minimum atomic E-state index is -1.08. The van der Waals surface area contributed by atoms with Gasteiger partial charge in [0.25, 0.3) is 11.6 Å². The average molecular weight is 333 g/mol. The first-order chi connectivity index (χ1) is 11.4. The van der Waals surface area contributed by atoms with E-state index in [9.17, 15) is 24.5 Å². The molecule has 1 aromatic carbocycles. The summed E-state index contributed by atoms with van der Waals surface area (Å²) in [4.78, 5) is 45.3. The molecule has 0 saturated heterocycles. The molecule has 0 saturated carbocycles. The number of carboxylic acid groups (broad SMARTS) is 1. The van der Waals surface area contributed by atoms with Crippen LogP contribution < -0.4 is 10.9 Å². The molecule has 2 atom stereocenters. The highest BCUT2D eigenvalue weighted by Crippen LogP contribution is 2.25. The van der Waals surface area contributed by atoms with E-state index < -0.39 is 34.5 Å². The Bertz CT molecular complexity index is 715. The van der Waals surface area contributed by atoms with Gasteiger partial charge in [-0.25, -0.2) is 0 Å². The summed E-state index contributed by atoms with van der Waals surface area (Å²) in [6.45, 7) is 0. The van der Waals surface area contributed by atoms with Crippen molar-refractivity contribution in [3.8, 4) is 0 Å². The third-order valence-electron chi connectivity index (χ3n) is 3.70. The van der Waals surface area contributed by atoms with Gasteiger partial charge in [0.05, 0.1) is 16.8 Å². The first-order valence-electron chi connectivity index (χ1n) is 7.12. The number of benzene rings is 1. The maximum Gasteiger partial charge on any atom is 0.307 e. The zero-order valence-corrected chi connectivity index (χ0v) is 12.5. The number of amides is 2. The summed E-state index contributed by atoms with van der Waals surface area (Å²) in [7, 11) is 0. The van der Waals surface area contributed by atoms with Crippen molar-refractivity contribution in [2.45, 2.75) is 12.8 Å². The Labute approximate surface area is 136 Å². The number of hydrazine groups is 1. The Hall–Kier alpha value is -3.23. The van der Waals surface area contributed by atoms with E-state index in [0.29, 0.717) is 0 Å². The highest BCUT2D eigenvalue weighted by atomic mass is 16.6. The number of hydrogen-bond donors (Lipinski definition) is 3. The van der Waals surface area contributed by atoms with Gasteiger partial charge in [0.1, 0.15) is 0 Å². The third-order valence-corrected chi connectivity index (χ3v) is 3.70. The maximum absolute atomic E-state index is 12.1. The number of non-ortho nitro benzene ring substituents is 1. The van der Waals surface area contributed by atoms with Crippen molar-refractivity contribution in [3.63, 3.8) is 0 Å². The summed E-state index contributed by atoms with van der Waals surface area (Å²) in [5, 5.41) is 19.8. The van der Waals surface area contributed by atoms with Gasteiger partial charge in [0, 0.05) is 17.7 Å². The van der Waals surface area contributed by atoms with Crippen LogP contribution in [0.2, 0.25) is 0 Å². The number of aliphatic carboxylic acids is 1. The van der Waals surface area contributed by atoms with Crippen molar-refractivity contribution in [3.05, 3.63) is 52.1 Å². The molecule has 0 bridgehead atoms. The number of carbonyl (C=O) groups is 3. The topological polar surface area (TPSA) is 139 Å². The van der Waals surface area contributed by atoms with Gasteiger partial charge in [0.2, 0.25) is 5.91 Å². The fraction of sp³-hybridized carbons (Fsp3) is 0.267. The molecule has 24 heavy (non-hydrogen) atoms. The van der Waals surface area contributed by atoms with Gasteiger partial charge in [-0.15, -0.1) is 0 Å². The van der Waals surface area contributed by atoms with Gasteiger partial charge < -0.3 is 5.11 Å². The van der Waals surface area contributed by atoms with Crippen molar-refractivity contribution < 1.29 is 24.4 Å². The van der Waals surface area contributed by atoms with Crippen LogP contribution in [0.3, 0.4) is 0 Å². The Morgan fingerprint density at radius 3 is 2.42 bits per heavy atom. The van der Waals surface area contributed by atoms with Gasteiger partial charge in [-0.3, -0.25) is 35.3 Å². The highest BCUT2D eigenvalue weighted by Gasteiger charge is 2.34. The van der Waals surface area contributed by atoms with Crippen molar-refractivity contribution in [2.24, 2.45) is 11.8 Å². The second-order valence-electron chi connectivity index (χ2n) is 5.24. The van der Waals surface area contributed by atoms with Crippen LogP contribution in [0.25, 0.3) is 0 Å². The van der Waals surface area contributed by atoms with E-state index in [-0.39, 0.29) is 24.1 Å². The molecule has 1 aliphatic carbocycles. The Balaban J connectivity index is 1.99. The average Bonchev–Trinajstić information content (AvgIpc) is 2.59. The summed E-state index contributed by atoms with van der Waals surface area (Å²) >= 11 is 0. The smallest absolute Gasteiger partial charge is 0.307 e. The number of nitrogens with one attached hydrogen (secondary N) is 2. The molecule has 0 aliphatic heterocycles. The number of hydrogen-bond acceptors (Lipinski definition) is 5. The fourth-order valence-electron chi connectivity index (χ4n) is 2.42. The Morgan fingerprint density at radius 2 is 1.79 bits per heavy atom. The molecule has 1 aromatic rings. The van der Waals surface area contributed by atoms with Crippen LogP contribution in [0, 0.1) is 22.0 Å². The molecule has 2 amide bonds. The summed E-state index contributed by atoms with van der Waals surface area (Å²) in [6.07, 6.45) is 3.91. The second-order valence-corrected chi connectivity index (χ2v) is 5.24. The summed E-state index contributed by atoms with van der Waals surface area (Å²) in [6, 6.07) is 5.02. The lowest BCUT2D eigenvalue weighted by atomic mass is 9.82. The van der Waals surface area contributed by atoms with Gasteiger partial charge in [0.15, 0.2) is 0 Å². The number of nitro groups is 1. The van der Waals surface area contributed by atoms with Crippen molar-refractivity contribution >= 4 is 23.5 Å². The molecule has 0 fully saturated rings. The van der Waals surface area contributed by atoms with Crippen LogP contribution in [0.1, 0.15) is 23.2 Å². The standard InChI is InChI=1S/C15H15N3O6/c19-13(9-4-3-5-10(8-9)18(23)24)16-17-14(20)11-6-1-2-7-12(11)15(21)22/h1-5,8,11-12H,6-7H2,(H,16,19)(H,17,20)(H,21,22)/t11-,12+/m1/s1. The molecular weight excluding hydrogens is 318 g/mol. The molecular formula is C15H15N3O6. The monoisotopic (exact) mass is 333 g/mol. The van der Waals surface area contributed by atoms with Crippen molar-refractivity contribution in [1.82, 2.24) is 10.9 Å². The number of carboxylic acids is 1. The first kappa shape index (κ1) is 17.1. The van der Waals surface area contributed by atoms with Gasteiger partial charge in [-0.05, 0) is 18.9 Å². The lowest BCUT2D eigenvalue weighted by Crippen LogP contribution is -2.47. The molecule has 2 rings (SSSR count). The summed E-state index contributed by atoms with van der Waals surface area (Å²) in [5.74, 6) is -4.08. The second kappa shape index (κ2) is 7.36. The summed E-state index contributed by atoms with van der Waals surface area (Å²) < 4.78 is 0. The van der Waals surface area contributed by atoms with E-state index in [1.165, 1.54) is 18.2 Å². The van der Waals surface area contributed by atoms with Crippen LogP contribution in [0.15, 0.2) is 36.4 Å². The largest absolute Gasteiger partial charge is 0.481 e. The lowest BCUT2D eigenvalue weighted by molar-refractivity contribution is -0.384. The Morgan fingerprint density at radius 1 is 1.12 bits per heavy atom. The Kier molecular flexibility index (Phi) is 5.25. The molecule has 0 heterocycles. The minimum absolute atomic E-state index is 0.00262. The molecule has 9 heteroatoms. The summed E-state index contributed by atoms with van der Waals surface area (Å²) in [5.41, 5.74) is 4.07. The molecule has 0 aromatic heterocycles. The van der Waals surface area contributed by atoms with Crippen LogP contribution in [0.5, 0.6) is 0 Å². The normalized spacial score (nSPS) is 19.3. The van der Waals surface area contributed by atoms with Crippen molar-refractivity contribution in [1.29, 1.82) is 0 Å². The minimum Gasteiger partial charge on any atom is -0.481 e. The molecule has 9 nitrogen and oxygen atoms in total. The lowest BCUT2D eigenvalue weighted by Gasteiger charge is -2.24. The number of nitro benzene ring substituents is 1. The van der Waals surface area contributed by atoms with E-state index >= 15 is 0 Å². The third kappa shape index (κ3) is 3.94. The predicted octanol–water partition coefficient (Wildman–Crippen LogP) is 1.02. The van der Waals surface area contributed by atoms with Crippen LogP contribution >= 0.6 is 0 Å². The number of allylic oxidation sites excluding steroid dienone is 2. The number of rotatable bonds is 4. The molecule has 0 spiro atoms. The van der Waals surface area contributed by atoms with E-state index in [2.05, 4.69) is 10.9 Å². The zero-order chi connectivity index (χ0) is 17.7. The number of carbonyl (C=O) groups excluding carboxylic acids is 2. The van der Waals surface area contributed by atoms with Gasteiger partial charge in [-0.1, -0.05) is 18.2 Å². The van der Waals surface area contributed by atoms with Gasteiger partial charge in [-0.2, -0.15) is 0 Å². The quantitative estimate of drug-likeness (QED) is 0.427. The SMILES string of the molecule is O=C(NNC(=O)[C@@H]1CC=CC[C@@H]1C(=O)O)c1cccc([N+](=O)[O-])c1. The molecule has 1 aliphatic rings. The van der Waals surface area contributed by atoms with E-state index in [4.69, 9.17) is 5.11 Å². The van der Waals surface area contributed by atoms with Gasteiger partial charge >= 0.3 is 5.97 Å². The maximum atomic E-state index is 12.1. The van der Waals surface area contributed by atoms with Crippen molar-refractivity contribution in [2.75, 3.05) is 0 Å². The molecule has 0 radical (unpaired) electrons. The molecule has 126 valence electrons. The van der Waals surface area contributed by atoms with Crippen LogP contribution in [-0.4, -0.2) is 27.8 Å². The van der Waals surface area contributed by atoms with Crippen LogP contribution in [-0.2, 0) is 9.59 Å². The van der Waals surface area contributed by atoms with E-state index in [1.807, 2.05) is 0 Å². The zero-order valence-electron chi connectivity index (χ0n) is 12.5. The molecule has 3 N–H and O–H groups in total. The highest BCUT2D eigenvalue weighted by molar-refractivity contribution is 5.96. The van der Waals surface area contributed by atoms with Crippen LogP contribution in [0.4, 0.5) is 5.69 Å². The first-order valence-corrected chi connectivity index (χ1v) is 7.12. The molecule has 0 unspecified atom stereocenters. The van der Waals surface area contributed by atoms with E-state index in [0.717, 1.165) is 6.07 Å². The predicted molar refractivity (Wildman–Crippen MR) is 81.7 cm³/mol. The number of nitrogens with zero attached hydrogens (tertiary/aromatic N) is 1. The van der Waals surface area contributed by atoms with E-state index in [1.54, 1.807) is 12.2 Å².